The number of alkyl halides is 1. The Bertz CT molecular complexity index is 272. The van der Waals surface area contributed by atoms with Gasteiger partial charge in [-0.1, -0.05) is 0 Å². The van der Waals surface area contributed by atoms with E-state index in [9.17, 15) is 8.42 Å². The Balaban J connectivity index is 2.57. The van der Waals surface area contributed by atoms with Gasteiger partial charge in [-0.2, -0.15) is 0 Å². The minimum absolute atomic E-state index is 0.0376. The van der Waals surface area contributed by atoms with Crippen LogP contribution in [0.2, 0.25) is 0 Å². The lowest BCUT2D eigenvalue weighted by molar-refractivity contribution is 0.0387. The largest absolute Gasteiger partial charge is 0.380 e. The molecule has 1 heterocycles. The summed E-state index contributed by atoms with van der Waals surface area (Å²) in [5.41, 5.74) is -0.455. The topological polar surface area (TPSA) is 55.4 Å². The van der Waals surface area contributed by atoms with Crippen molar-refractivity contribution in [2.75, 3.05) is 24.8 Å². The summed E-state index contributed by atoms with van der Waals surface area (Å²) in [4.78, 5) is 0. The molecule has 0 aliphatic carbocycles. The van der Waals surface area contributed by atoms with E-state index in [0.717, 1.165) is 12.8 Å². The van der Waals surface area contributed by atoms with Gasteiger partial charge in [0.25, 0.3) is 0 Å². The Morgan fingerprint density at radius 2 is 2.29 bits per heavy atom. The van der Waals surface area contributed by atoms with Crippen LogP contribution in [-0.2, 0) is 14.8 Å². The first-order chi connectivity index (χ1) is 6.47. The third kappa shape index (κ3) is 3.73. The maximum Gasteiger partial charge on any atom is 0.213 e. The number of nitrogens with one attached hydrogen (secondary N) is 1. The van der Waals surface area contributed by atoms with Crippen molar-refractivity contribution in [2.24, 2.45) is 0 Å². The fraction of sp³-hybridized carbons (Fsp3) is 1.00. The van der Waals surface area contributed by atoms with Crippen LogP contribution in [0, 0.1) is 0 Å². The van der Waals surface area contributed by atoms with Gasteiger partial charge < -0.3 is 4.74 Å². The molecule has 1 aliphatic rings. The second-order valence-corrected chi connectivity index (χ2v) is 6.05. The minimum Gasteiger partial charge on any atom is -0.380 e. The number of sulfonamides is 1. The quantitative estimate of drug-likeness (QED) is 0.738. The van der Waals surface area contributed by atoms with Crippen LogP contribution in [0.15, 0.2) is 0 Å². The monoisotopic (exact) mass is 241 g/mol. The van der Waals surface area contributed by atoms with Crippen molar-refractivity contribution in [3.63, 3.8) is 0 Å². The zero-order valence-electron chi connectivity index (χ0n) is 8.25. The number of rotatable bonds is 4. The number of ether oxygens (including phenoxy) is 1. The Morgan fingerprint density at radius 3 is 2.79 bits per heavy atom. The summed E-state index contributed by atoms with van der Waals surface area (Å²) in [7, 11) is -3.25. The molecule has 0 amide bonds. The van der Waals surface area contributed by atoms with E-state index in [2.05, 4.69) is 4.72 Å². The molecule has 1 aliphatic heterocycles. The maximum atomic E-state index is 11.5. The zero-order valence-corrected chi connectivity index (χ0v) is 9.83. The summed E-state index contributed by atoms with van der Waals surface area (Å²) in [5.74, 6) is 0.0798. The third-order valence-electron chi connectivity index (χ3n) is 2.19. The van der Waals surface area contributed by atoms with Gasteiger partial charge in [0.1, 0.15) is 0 Å². The Hall–Kier alpha value is 0.160. The highest BCUT2D eigenvalue weighted by Crippen LogP contribution is 2.19. The van der Waals surface area contributed by atoms with Gasteiger partial charge in [0.05, 0.1) is 17.9 Å². The van der Waals surface area contributed by atoms with Crippen LogP contribution < -0.4 is 4.72 Å². The molecule has 1 unspecified atom stereocenters. The van der Waals surface area contributed by atoms with Crippen LogP contribution >= 0.6 is 11.6 Å². The van der Waals surface area contributed by atoms with Gasteiger partial charge in [-0.05, 0) is 19.8 Å². The average Bonchev–Trinajstić information content (AvgIpc) is 2.02. The fourth-order valence-corrected chi connectivity index (χ4v) is 3.37. The van der Waals surface area contributed by atoms with E-state index in [1.54, 1.807) is 0 Å². The summed E-state index contributed by atoms with van der Waals surface area (Å²) in [5, 5.41) is 0. The molecule has 84 valence electrons. The summed E-state index contributed by atoms with van der Waals surface area (Å²) in [6, 6.07) is 0. The van der Waals surface area contributed by atoms with Gasteiger partial charge in [-0.3, -0.25) is 0 Å². The van der Waals surface area contributed by atoms with E-state index in [4.69, 9.17) is 16.3 Å². The van der Waals surface area contributed by atoms with Crippen molar-refractivity contribution in [2.45, 2.75) is 25.3 Å². The molecule has 0 aromatic carbocycles. The van der Waals surface area contributed by atoms with E-state index in [-0.39, 0.29) is 11.6 Å². The van der Waals surface area contributed by atoms with Crippen LogP contribution in [0.3, 0.4) is 0 Å². The summed E-state index contributed by atoms with van der Waals surface area (Å²) in [6.07, 6.45) is 1.70. The predicted octanol–water partition coefficient (Wildman–Crippen LogP) is 0.714. The Labute approximate surface area is 90.0 Å². The smallest absolute Gasteiger partial charge is 0.213 e. The van der Waals surface area contributed by atoms with Gasteiger partial charge in [0, 0.05) is 12.5 Å². The minimum atomic E-state index is -3.25. The van der Waals surface area contributed by atoms with Gasteiger partial charge in [-0.25, -0.2) is 13.1 Å². The first-order valence-corrected chi connectivity index (χ1v) is 6.81. The van der Waals surface area contributed by atoms with E-state index in [1.165, 1.54) is 0 Å². The molecule has 1 rings (SSSR count). The standard InChI is InChI=1S/C8H16ClNO3S/c1-8(3-2-5-13-7-8)10-14(11,12)6-4-9/h10H,2-7H2,1H3. The lowest BCUT2D eigenvalue weighted by Crippen LogP contribution is -2.52. The molecule has 0 radical (unpaired) electrons. The lowest BCUT2D eigenvalue weighted by atomic mass is 9.97. The van der Waals surface area contributed by atoms with Gasteiger partial charge in [0.2, 0.25) is 10.0 Å². The van der Waals surface area contributed by atoms with E-state index < -0.39 is 15.6 Å². The second-order valence-electron chi connectivity index (χ2n) is 3.83. The molecule has 1 atom stereocenters. The van der Waals surface area contributed by atoms with Crippen LogP contribution in [0.25, 0.3) is 0 Å². The summed E-state index contributed by atoms with van der Waals surface area (Å²) >= 11 is 5.40. The predicted molar refractivity (Wildman–Crippen MR) is 56.1 cm³/mol. The normalized spacial score (nSPS) is 29.0. The molecule has 1 N–H and O–H groups in total. The third-order valence-corrected chi connectivity index (χ3v) is 4.14. The van der Waals surface area contributed by atoms with Crippen molar-refractivity contribution in [1.29, 1.82) is 0 Å². The molecule has 0 aromatic heterocycles. The summed E-state index contributed by atoms with van der Waals surface area (Å²) < 4.78 is 30.8. The van der Waals surface area contributed by atoms with Crippen molar-refractivity contribution < 1.29 is 13.2 Å². The average molecular weight is 242 g/mol. The highest BCUT2D eigenvalue weighted by atomic mass is 35.5. The van der Waals surface area contributed by atoms with Crippen LogP contribution in [0.5, 0.6) is 0 Å². The van der Waals surface area contributed by atoms with E-state index in [1.807, 2.05) is 6.92 Å². The van der Waals surface area contributed by atoms with Crippen LogP contribution in [0.1, 0.15) is 19.8 Å². The van der Waals surface area contributed by atoms with E-state index >= 15 is 0 Å². The molecule has 1 fully saturated rings. The number of hydrogen-bond donors (Lipinski definition) is 1. The molecule has 0 aromatic rings. The molecular weight excluding hydrogens is 226 g/mol. The first-order valence-electron chi connectivity index (χ1n) is 4.63. The molecule has 6 heteroatoms. The molecule has 14 heavy (non-hydrogen) atoms. The van der Waals surface area contributed by atoms with E-state index in [0.29, 0.717) is 13.2 Å². The molecule has 4 nitrogen and oxygen atoms in total. The van der Waals surface area contributed by atoms with Gasteiger partial charge >= 0.3 is 0 Å². The molecular formula is C8H16ClNO3S. The number of halogens is 1. The first kappa shape index (κ1) is 12.2. The van der Waals surface area contributed by atoms with Crippen molar-refractivity contribution in [1.82, 2.24) is 4.72 Å². The lowest BCUT2D eigenvalue weighted by Gasteiger charge is -2.33. The Kier molecular flexibility index (Phi) is 4.18. The summed E-state index contributed by atoms with van der Waals surface area (Å²) in [6.45, 7) is 3.01. The maximum absolute atomic E-state index is 11.5. The number of hydrogen-bond acceptors (Lipinski definition) is 3. The SMILES string of the molecule is CC1(NS(=O)(=O)CCCl)CCCOC1. The van der Waals surface area contributed by atoms with Crippen molar-refractivity contribution in [3.8, 4) is 0 Å². The van der Waals surface area contributed by atoms with Crippen LogP contribution in [0.4, 0.5) is 0 Å². The second kappa shape index (κ2) is 4.79. The van der Waals surface area contributed by atoms with Crippen molar-refractivity contribution >= 4 is 21.6 Å². The Morgan fingerprint density at radius 1 is 1.57 bits per heavy atom. The fourth-order valence-electron chi connectivity index (χ4n) is 1.54. The highest BCUT2D eigenvalue weighted by molar-refractivity contribution is 7.89. The van der Waals surface area contributed by atoms with Gasteiger partial charge in [0.15, 0.2) is 0 Å². The zero-order chi connectivity index (χ0) is 10.7. The van der Waals surface area contributed by atoms with Crippen LogP contribution in [-0.4, -0.2) is 38.8 Å². The molecule has 0 saturated carbocycles. The van der Waals surface area contributed by atoms with Crippen molar-refractivity contribution in [3.05, 3.63) is 0 Å². The molecule has 1 saturated heterocycles. The van der Waals surface area contributed by atoms with Gasteiger partial charge in [-0.15, -0.1) is 11.6 Å². The highest BCUT2D eigenvalue weighted by Gasteiger charge is 2.31. The molecule has 0 spiro atoms. The molecule has 0 bridgehead atoms.